The predicted molar refractivity (Wildman–Crippen MR) is 69.2 cm³/mol. The van der Waals surface area contributed by atoms with Crippen LogP contribution >= 0.6 is 0 Å². The summed E-state index contributed by atoms with van der Waals surface area (Å²) < 4.78 is 0. The van der Waals surface area contributed by atoms with E-state index in [-0.39, 0.29) is 0 Å². The molecule has 18 heavy (non-hydrogen) atoms. The quantitative estimate of drug-likeness (QED) is 0.543. The predicted octanol–water partition coefficient (Wildman–Crippen LogP) is -0.780. The number of hydrogen-bond acceptors (Lipinski definition) is 5. The maximum absolute atomic E-state index is 5.49. The smallest absolute Gasteiger partial charge is 0.248 e. The average Bonchev–Trinajstić information content (AvgIpc) is 2.38. The number of hydrogen-bond donors (Lipinski definition) is 2. The van der Waals surface area contributed by atoms with Crippen LogP contribution in [0.2, 0.25) is 0 Å². The molecule has 0 radical (unpaired) electrons. The molecule has 0 spiro atoms. The summed E-state index contributed by atoms with van der Waals surface area (Å²) in [5.74, 6) is 7.28. The molecule has 1 aromatic heterocycles. The minimum absolute atomic E-state index is 0.793. The molecule has 0 aromatic carbocycles. The maximum atomic E-state index is 5.49. The topological polar surface area (TPSA) is 74.9 Å². The molecule has 3 rings (SSSR count). The third-order valence-corrected chi connectivity index (χ3v) is 4.07. The molecule has 4 N–H and O–H groups in total. The Balaban J connectivity index is 1.60. The van der Waals surface area contributed by atoms with E-state index in [1.807, 2.05) is 6.07 Å². The zero-order valence-corrected chi connectivity index (χ0v) is 10.6. The zero-order chi connectivity index (χ0) is 12.4. The fraction of sp³-hybridized carbons (Fsp3) is 0.667. The monoisotopic (exact) mass is 249 g/mol. The van der Waals surface area contributed by atoms with Crippen molar-refractivity contribution in [1.29, 1.82) is 0 Å². The molecule has 1 aliphatic heterocycles. The highest BCUT2D eigenvalue weighted by Gasteiger charge is 2.28. The Bertz CT molecular complexity index is 397. The van der Waals surface area contributed by atoms with Gasteiger partial charge in [-0.15, -0.1) is 0 Å². The summed E-state index contributed by atoms with van der Waals surface area (Å²) in [6, 6.07) is 2.81. The van der Waals surface area contributed by atoms with Crippen molar-refractivity contribution in [3.63, 3.8) is 0 Å². The molecule has 1 aromatic rings. The van der Waals surface area contributed by atoms with Crippen molar-refractivity contribution in [3.05, 3.63) is 12.4 Å². The lowest BCUT2D eigenvalue weighted by molar-refractivity contribution is -0.588. The van der Waals surface area contributed by atoms with Crippen LogP contribution in [0.5, 0.6) is 0 Å². The van der Waals surface area contributed by atoms with E-state index in [4.69, 9.17) is 5.84 Å². The number of nitrogens with two attached hydrogens (primary N) is 2. The van der Waals surface area contributed by atoms with Crippen LogP contribution in [0.4, 0.5) is 11.6 Å². The van der Waals surface area contributed by atoms with Gasteiger partial charge in [0.15, 0.2) is 0 Å². The van der Waals surface area contributed by atoms with Crippen LogP contribution < -0.4 is 16.2 Å². The van der Waals surface area contributed by atoms with Gasteiger partial charge in [0.25, 0.3) is 0 Å². The van der Waals surface area contributed by atoms with E-state index in [1.165, 1.54) is 24.7 Å². The fourth-order valence-electron chi connectivity index (χ4n) is 2.69. The van der Waals surface area contributed by atoms with Gasteiger partial charge in [0, 0.05) is 32.2 Å². The Morgan fingerprint density at radius 1 is 1.17 bits per heavy atom. The molecule has 6 nitrogen and oxygen atoms in total. The minimum atomic E-state index is 0.793. The van der Waals surface area contributed by atoms with E-state index >= 15 is 0 Å². The summed E-state index contributed by atoms with van der Waals surface area (Å²) in [6.07, 6.45) is 5.78. The lowest BCUT2D eigenvalue weighted by Crippen LogP contribution is -2.85. The Hall–Kier alpha value is -1.24. The van der Waals surface area contributed by atoms with Gasteiger partial charge in [-0.3, -0.25) is 4.90 Å². The van der Waals surface area contributed by atoms with E-state index in [2.05, 4.69) is 19.8 Å². The van der Waals surface area contributed by atoms with Crippen molar-refractivity contribution >= 4 is 11.6 Å². The molecule has 6 heteroatoms. The third-order valence-electron chi connectivity index (χ3n) is 4.07. The lowest BCUT2D eigenvalue weighted by atomic mass is 9.91. The lowest BCUT2D eigenvalue weighted by Gasteiger charge is -2.43. The summed E-state index contributed by atoms with van der Waals surface area (Å²) in [7, 11) is 0. The number of rotatable bonds is 3. The molecule has 2 heterocycles. The molecular formula is C12H21N6+. The largest absolute Gasteiger partial charge is 0.354 e. The van der Waals surface area contributed by atoms with Crippen LogP contribution in [0.15, 0.2) is 12.4 Å². The van der Waals surface area contributed by atoms with Gasteiger partial charge in [0.1, 0.15) is 12.1 Å². The number of nitrogens with zero attached hydrogens (tertiary/aromatic N) is 4. The number of quaternary nitrogens is 1. The van der Waals surface area contributed by atoms with Crippen LogP contribution in [0, 0.1) is 0 Å². The van der Waals surface area contributed by atoms with Gasteiger partial charge in [-0.2, -0.15) is 10.8 Å². The molecular weight excluding hydrogens is 228 g/mol. The second-order valence-electron chi connectivity index (χ2n) is 5.08. The van der Waals surface area contributed by atoms with E-state index in [9.17, 15) is 0 Å². The van der Waals surface area contributed by atoms with E-state index in [0.29, 0.717) is 0 Å². The summed E-state index contributed by atoms with van der Waals surface area (Å²) in [6.45, 7) is 4.40. The summed E-state index contributed by atoms with van der Waals surface area (Å²) >= 11 is 0. The molecule has 0 atom stereocenters. The van der Waals surface area contributed by atoms with Crippen molar-refractivity contribution in [3.8, 4) is 0 Å². The van der Waals surface area contributed by atoms with E-state index < -0.39 is 0 Å². The highest BCUT2D eigenvalue weighted by molar-refractivity contribution is 5.43. The van der Waals surface area contributed by atoms with Crippen LogP contribution in [0.25, 0.3) is 0 Å². The Labute approximate surface area is 107 Å². The zero-order valence-electron chi connectivity index (χ0n) is 10.6. The van der Waals surface area contributed by atoms with Gasteiger partial charge in [-0.05, 0) is 12.8 Å². The molecule has 1 saturated heterocycles. The highest BCUT2D eigenvalue weighted by Crippen LogP contribution is 2.26. The first-order valence-electron chi connectivity index (χ1n) is 6.73. The number of piperazine rings is 1. The Kier molecular flexibility index (Phi) is 3.40. The second-order valence-corrected chi connectivity index (χ2v) is 5.08. The number of anilines is 1. The van der Waals surface area contributed by atoms with Crippen LogP contribution in [-0.2, 0) is 0 Å². The number of aromatic nitrogens is 2. The highest BCUT2D eigenvalue weighted by atomic mass is 15.3. The summed E-state index contributed by atoms with van der Waals surface area (Å²) in [5, 5.41) is 0. The van der Waals surface area contributed by atoms with Crippen LogP contribution in [-0.4, -0.2) is 47.1 Å². The summed E-state index contributed by atoms with van der Waals surface area (Å²) in [4.78, 5) is 13.4. The first kappa shape index (κ1) is 11.8. The first-order valence-corrected chi connectivity index (χ1v) is 6.73. The molecule has 2 fully saturated rings. The van der Waals surface area contributed by atoms with Crippen molar-refractivity contribution < 1.29 is 5.43 Å². The van der Waals surface area contributed by atoms with Gasteiger partial charge >= 0.3 is 0 Å². The molecule has 2 aliphatic rings. The third kappa shape index (κ3) is 2.31. The van der Waals surface area contributed by atoms with E-state index in [1.54, 1.807) is 6.33 Å². The maximum Gasteiger partial charge on any atom is 0.248 e. The SMILES string of the molecule is N[NH2+]c1cc(N2CCN(C3CCC3)CC2)ncn1. The molecule has 98 valence electrons. The van der Waals surface area contributed by atoms with Gasteiger partial charge in [-0.1, -0.05) is 6.42 Å². The van der Waals surface area contributed by atoms with Gasteiger partial charge in [-0.25, -0.2) is 10.4 Å². The molecule has 1 saturated carbocycles. The molecule has 0 amide bonds. The van der Waals surface area contributed by atoms with Crippen LogP contribution in [0.1, 0.15) is 19.3 Å². The van der Waals surface area contributed by atoms with Gasteiger partial charge < -0.3 is 4.90 Å². The molecule has 0 bridgehead atoms. The van der Waals surface area contributed by atoms with Gasteiger partial charge in [0.2, 0.25) is 5.82 Å². The van der Waals surface area contributed by atoms with E-state index in [0.717, 1.165) is 43.9 Å². The van der Waals surface area contributed by atoms with Crippen molar-refractivity contribution in [2.45, 2.75) is 25.3 Å². The van der Waals surface area contributed by atoms with Crippen molar-refractivity contribution in [1.82, 2.24) is 14.9 Å². The van der Waals surface area contributed by atoms with Crippen LogP contribution in [0.3, 0.4) is 0 Å². The van der Waals surface area contributed by atoms with Gasteiger partial charge in [0.05, 0.1) is 6.07 Å². The molecule has 0 unspecified atom stereocenters. The average molecular weight is 249 g/mol. The fourth-order valence-corrected chi connectivity index (χ4v) is 2.69. The minimum Gasteiger partial charge on any atom is -0.354 e. The molecule has 1 aliphatic carbocycles. The first-order chi connectivity index (χ1) is 8.86. The second kappa shape index (κ2) is 5.17. The van der Waals surface area contributed by atoms with Crippen molar-refractivity contribution in [2.75, 3.05) is 31.1 Å². The normalized spacial score (nSPS) is 21.9. The summed E-state index contributed by atoms with van der Waals surface area (Å²) in [5.41, 5.74) is 1.52. The Morgan fingerprint density at radius 3 is 2.56 bits per heavy atom. The Morgan fingerprint density at radius 2 is 1.94 bits per heavy atom. The standard InChI is InChI=1S/C12H20N6/c13-16-11-8-12(15-9-14-11)18-6-4-17(5-7-18)10-2-1-3-10/h8-10H,1-7,13H2,(H,14,15,16)/p+1. The van der Waals surface area contributed by atoms with Crippen molar-refractivity contribution in [2.24, 2.45) is 5.84 Å².